The van der Waals surface area contributed by atoms with Gasteiger partial charge in [0.05, 0.1) is 21.6 Å². The molecule has 9 aromatic carbocycles. The molecule has 0 bridgehead atoms. The average molecular weight is 711 g/mol. The van der Waals surface area contributed by atoms with Crippen molar-refractivity contribution in [3.8, 4) is 50.5 Å². The number of fused-ring (bicyclic) bond motifs is 5. The van der Waals surface area contributed by atoms with Gasteiger partial charge in [-0.2, -0.15) is 0 Å². The van der Waals surface area contributed by atoms with Crippen molar-refractivity contribution in [1.29, 1.82) is 0 Å². The van der Waals surface area contributed by atoms with Gasteiger partial charge in [0.1, 0.15) is 10.7 Å². The van der Waals surface area contributed by atoms with Crippen molar-refractivity contribution in [1.82, 2.24) is 9.55 Å². The molecular weight excluding hydrogens is 681 g/mol. The van der Waals surface area contributed by atoms with Crippen molar-refractivity contribution in [2.24, 2.45) is 0 Å². The molecule has 0 atom stereocenters. The fourth-order valence-corrected chi connectivity index (χ4v) is 10.4. The molecule has 5 heteroatoms. The van der Waals surface area contributed by atoms with E-state index in [1.165, 1.54) is 5.56 Å². The van der Waals surface area contributed by atoms with Crippen LogP contribution in [0.3, 0.4) is 0 Å². The molecule has 0 N–H and O–H groups in total. The van der Waals surface area contributed by atoms with E-state index < -0.39 is 9.84 Å². The van der Waals surface area contributed by atoms with Gasteiger partial charge in [-0.25, -0.2) is 13.4 Å². The number of nitrogens with zero attached hydrogens (tertiary/aromatic N) is 2. The largest absolute Gasteiger partial charge is 0.290 e. The third kappa shape index (κ3) is 4.42. The first-order valence-corrected chi connectivity index (χ1v) is 19.5. The molecule has 1 aliphatic heterocycles. The van der Waals surface area contributed by atoms with E-state index in [2.05, 4.69) is 120 Å². The minimum Gasteiger partial charge on any atom is -0.290 e. The van der Waals surface area contributed by atoms with E-state index in [1.54, 1.807) is 12.1 Å². The molecule has 0 fully saturated rings. The van der Waals surface area contributed by atoms with E-state index in [1.807, 2.05) is 54.6 Å². The van der Waals surface area contributed by atoms with Gasteiger partial charge in [0.25, 0.3) is 0 Å². The first-order chi connectivity index (χ1) is 26.6. The van der Waals surface area contributed by atoms with Crippen LogP contribution in [0, 0.1) is 0 Å². The summed E-state index contributed by atoms with van der Waals surface area (Å²) in [5.41, 5.74) is 8.90. The summed E-state index contributed by atoms with van der Waals surface area (Å²) < 4.78 is 32.2. The predicted molar refractivity (Wildman–Crippen MR) is 221 cm³/mol. The predicted octanol–water partition coefficient (Wildman–Crippen LogP) is 12.3. The number of imidazole rings is 1. The van der Waals surface area contributed by atoms with Crippen LogP contribution in [-0.4, -0.2) is 18.0 Å². The number of sulfone groups is 1. The van der Waals surface area contributed by atoms with Crippen molar-refractivity contribution in [3.63, 3.8) is 0 Å². The van der Waals surface area contributed by atoms with Gasteiger partial charge in [-0.3, -0.25) is 4.57 Å². The van der Waals surface area contributed by atoms with Crippen molar-refractivity contribution >= 4 is 53.2 Å². The lowest BCUT2D eigenvalue weighted by atomic mass is 9.85. The van der Waals surface area contributed by atoms with E-state index in [0.717, 1.165) is 60.1 Å². The Morgan fingerprint density at radius 1 is 0.444 bits per heavy atom. The zero-order valence-electron chi connectivity index (χ0n) is 28.9. The summed E-state index contributed by atoms with van der Waals surface area (Å²) in [5, 5.41) is 6.34. The molecule has 11 rings (SSSR count). The second-order valence-electron chi connectivity index (χ2n) is 13.9. The summed E-state index contributed by atoms with van der Waals surface area (Å²) in [6.45, 7) is 0. The van der Waals surface area contributed by atoms with Gasteiger partial charge in [0.2, 0.25) is 9.84 Å². The van der Waals surface area contributed by atoms with Crippen LogP contribution in [0.1, 0.15) is 0 Å². The summed E-state index contributed by atoms with van der Waals surface area (Å²) in [4.78, 5) is 5.66. The summed E-state index contributed by atoms with van der Waals surface area (Å²) in [6, 6.07) is 61.8. The van der Waals surface area contributed by atoms with Gasteiger partial charge >= 0.3 is 0 Å². The second-order valence-corrected chi connectivity index (χ2v) is 15.8. The van der Waals surface area contributed by atoms with Gasteiger partial charge in [-0.1, -0.05) is 158 Å². The normalized spacial score (nSPS) is 13.1. The van der Waals surface area contributed by atoms with E-state index >= 15 is 8.42 Å². The lowest BCUT2D eigenvalue weighted by molar-refractivity contribution is 0.595. The molecular formula is C49H30N2O2S. The van der Waals surface area contributed by atoms with Crippen LogP contribution in [0.25, 0.3) is 93.8 Å². The highest BCUT2D eigenvalue weighted by atomic mass is 32.2. The molecule has 4 nitrogen and oxygen atoms in total. The first-order valence-electron chi connectivity index (χ1n) is 18.0. The molecule has 0 saturated heterocycles. The van der Waals surface area contributed by atoms with Crippen LogP contribution < -0.4 is 0 Å². The Balaban J connectivity index is 1.19. The third-order valence-corrected chi connectivity index (χ3v) is 12.8. The number of hydrogen-bond donors (Lipinski definition) is 0. The summed E-state index contributed by atoms with van der Waals surface area (Å²) >= 11 is 0. The summed E-state index contributed by atoms with van der Waals surface area (Å²) in [7, 11) is -3.98. The molecule has 0 aliphatic carbocycles. The Kier molecular flexibility index (Phi) is 6.61. The molecule has 1 aromatic heterocycles. The van der Waals surface area contributed by atoms with Crippen molar-refractivity contribution in [2.75, 3.05) is 0 Å². The summed E-state index contributed by atoms with van der Waals surface area (Å²) in [5.74, 6) is 0.709. The van der Waals surface area contributed by atoms with Gasteiger partial charge in [0, 0.05) is 11.1 Å². The molecule has 10 aromatic rings. The Morgan fingerprint density at radius 2 is 1.02 bits per heavy atom. The minimum absolute atomic E-state index is 0.267. The van der Waals surface area contributed by atoms with Crippen LogP contribution in [0.4, 0.5) is 0 Å². The second kappa shape index (κ2) is 11.6. The van der Waals surface area contributed by atoms with Crippen molar-refractivity contribution in [2.45, 2.75) is 9.79 Å². The molecule has 0 radical (unpaired) electrons. The fraction of sp³-hybridized carbons (Fsp3) is 0. The van der Waals surface area contributed by atoms with Crippen molar-refractivity contribution < 1.29 is 8.42 Å². The fourth-order valence-electron chi connectivity index (χ4n) is 8.55. The van der Waals surface area contributed by atoms with Crippen LogP contribution in [0.2, 0.25) is 0 Å². The maximum atomic E-state index is 15.1. The van der Waals surface area contributed by atoms with E-state index in [0.29, 0.717) is 33.0 Å². The third-order valence-electron chi connectivity index (χ3n) is 10.9. The molecule has 54 heavy (non-hydrogen) atoms. The molecule has 0 spiro atoms. The van der Waals surface area contributed by atoms with E-state index in [-0.39, 0.29) is 4.90 Å². The molecule has 0 unspecified atom stereocenters. The maximum Gasteiger partial charge on any atom is 0.211 e. The summed E-state index contributed by atoms with van der Waals surface area (Å²) in [6.07, 6.45) is 0. The number of benzene rings is 9. The standard InChI is InChI=1S/C49H30N2O2S/c52-54(53)44-23-11-21-42-47(44)51(49(50-42)36-29-26-32-14-4-5-15-35(32)30-36)43-22-10-20-41(48(43)54)46-39-18-8-6-16-37(39)45(38-17-7-9-19-40(38)46)34-27-24-33(25-28-34)31-12-2-1-3-13-31/h1-30H. The van der Waals surface area contributed by atoms with Crippen LogP contribution >= 0.6 is 0 Å². The monoisotopic (exact) mass is 710 g/mol. The highest BCUT2D eigenvalue weighted by Crippen LogP contribution is 2.50. The Hall–Kier alpha value is -6.82. The zero-order chi connectivity index (χ0) is 36.0. The number of para-hydroxylation sites is 1. The minimum atomic E-state index is -3.98. The lowest BCUT2D eigenvalue weighted by Crippen LogP contribution is -2.16. The Bertz CT molecular complexity index is 3220. The molecule has 1 aliphatic rings. The van der Waals surface area contributed by atoms with Gasteiger partial charge in [-0.05, 0) is 84.4 Å². The zero-order valence-corrected chi connectivity index (χ0v) is 29.8. The highest BCUT2D eigenvalue weighted by molar-refractivity contribution is 7.92. The topological polar surface area (TPSA) is 52.0 Å². The van der Waals surface area contributed by atoms with Crippen molar-refractivity contribution in [3.05, 3.63) is 182 Å². The van der Waals surface area contributed by atoms with E-state index in [4.69, 9.17) is 4.98 Å². The Labute approximate surface area is 312 Å². The van der Waals surface area contributed by atoms with Crippen LogP contribution in [0.5, 0.6) is 0 Å². The van der Waals surface area contributed by atoms with Gasteiger partial charge < -0.3 is 0 Å². The molecule has 254 valence electrons. The molecule has 0 amide bonds. The molecule has 0 saturated carbocycles. The van der Waals surface area contributed by atoms with Crippen LogP contribution in [-0.2, 0) is 9.84 Å². The first kappa shape index (κ1) is 30.8. The average Bonchev–Trinajstić information content (AvgIpc) is 3.62. The SMILES string of the molecule is O=S1(=O)c2c(-c3c4ccccc4c(-c4ccc(-c5ccccc5)cc4)c4ccccc34)cccc2-n2c(-c3ccc4ccccc4c3)nc3cccc1c32. The van der Waals surface area contributed by atoms with Gasteiger partial charge in [-0.15, -0.1) is 0 Å². The molecule has 2 heterocycles. The smallest absolute Gasteiger partial charge is 0.211 e. The van der Waals surface area contributed by atoms with E-state index in [9.17, 15) is 0 Å². The number of aromatic nitrogens is 2. The van der Waals surface area contributed by atoms with Gasteiger partial charge in [0.15, 0.2) is 0 Å². The lowest BCUT2D eigenvalue weighted by Gasteiger charge is -2.25. The Morgan fingerprint density at radius 3 is 1.74 bits per heavy atom. The number of rotatable bonds is 4. The number of hydrogen-bond acceptors (Lipinski definition) is 3. The maximum absolute atomic E-state index is 15.1. The quantitative estimate of drug-likeness (QED) is 0.171. The van der Waals surface area contributed by atoms with Crippen LogP contribution in [0.15, 0.2) is 192 Å². The highest BCUT2D eigenvalue weighted by Gasteiger charge is 2.36.